The lowest BCUT2D eigenvalue weighted by Gasteiger charge is -2.13. The average Bonchev–Trinajstić information content (AvgIpc) is 2.66. The Kier molecular flexibility index (Phi) is 3.66. The Morgan fingerprint density at radius 3 is 2.87 bits per heavy atom. The second kappa shape index (κ2) is 4.59. The molecule has 1 aliphatic heterocycles. The molecule has 1 fully saturated rings. The lowest BCUT2D eigenvalue weighted by atomic mass is 10.1. The third kappa shape index (κ3) is 2.67. The number of carbonyl (C=O) groups excluding carboxylic acids is 1. The number of methoxy groups -OCH3 is 1. The molecule has 7 heteroatoms. The standard InChI is InChI=1S/C8H12N2O4S/c1-14-8(11)7-2-4-10(6-7)15(12,13)5-3-9/h7H,2,4-6H2,1H3. The minimum atomic E-state index is -3.52. The molecule has 0 bridgehead atoms. The molecule has 0 aromatic carbocycles. The Bertz CT molecular complexity index is 384. The highest BCUT2D eigenvalue weighted by Crippen LogP contribution is 2.20. The number of rotatable bonds is 3. The molecule has 0 aromatic heterocycles. The fourth-order valence-electron chi connectivity index (χ4n) is 1.51. The fourth-order valence-corrected chi connectivity index (χ4v) is 2.65. The van der Waals surface area contributed by atoms with E-state index in [1.165, 1.54) is 7.11 Å². The van der Waals surface area contributed by atoms with Crippen molar-refractivity contribution in [2.75, 3.05) is 26.0 Å². The number of nitriles is 1. The second-order valence-corrected chi connectivity index (χ2v) is 5.25. The Morgan fingerprint density at radius 2 is 2.33 bits per heavy atom. The molecule has 1 heterocycles. The van der Waals surface area contributed by atoms with E-state index in [0.717, 1.165) is 4.31 Å². The predicted octanol–water partition coefficient (Wildman–Crippen LogP) is -0.665. The van der Waals surface area contributed by atoms with Crippen molar-refractivity contribution in [1.82, 2.24) is 4.31 Å². The van der Waals surface area contributed by atoms with Crippen molar-refractivity contribution >= 4 is 16.0 Å². The van der Waals surface area contributed by atoms with Crippen LogP contribution in [0.3, 0.4) is 0 Å². The van der Waals surface area contributed by atoms with Gasteiger partial charge >= 0.3 is 5.97 Å². The van der Waals surface area contributed by atoms with Gasteiger partial charge in [-0.05, 0) is 6.42 Å². The summed E-state index contributed by atoms with van der Waals surface area (Å²) in [6, 6.07) is 1.60. The van der Waals surface area contributed by atoms with Crippen molar-refractivity contribution in [3.8, 4) is 6.07 Å². The summed E-state index contributed by atoms with van der Waals surface area (Å²) in [5.41, 5.74) is 0. The van der Waals surface area contributed by atoms with Gasteiger partial charge in [-0.1, -0.05) is 0 Å². The molecule has 0 aromatic rings. The van der Waals surface area contributed by atoms with Crippen molar-refractivity contribution in [3.63, 3.8) is 0 Å². The number of ether oxygens (including phenoxy) is 1. The van der Waals surface area contributed by atoms with Crippen LogP contribution in [0.15, 0.2) is 0 Å². The molecule has 0 N–H and O–H groups in total. The lowest BCUT2D eigenvalue weighted by molar-refractivity contribution is -0.144. The predicted molar refractivity (Wildman–Crippen MR) is 51.1 cm³/mol. The van der Waals surface area contributed by atoms with E-state index >= 15 is 0 Å². The van der Waals surface area contributed by atoms with E-state index < -0.39 is 27.7 Å². The van der Waals surface area contributed by atoms with Gasteiger partial charge in [0.25, 0.3) is 0 Å². The maximum absolute atomic E-state index is 11.4. The van der Waals surface area contributed by atoms with Gasteiger partial charge in [-0.3, -0.25) is 4.79 Å². The van der Waals surface area contributed by atoms with E-state index in [4.69, 9.17) is 5.26 Å². The molecule has 6 nitrogen and oxygen atoms in total. The van der Waals surface area contributed by atoms with Crippen molar-refractivity contribution in [3.05, 3.63) is 0 Å². The second-order valence-electron chi connectivity index (χ2n) is 3.28. The van der Waals surface area contributed by atoms with Crippen LogP contribution in [0, 0.1) is 17.2 Å². The van der Waals surface area contributed by atoms with Crippen LogP contribution < -0.4 is 0 Å². The first-order valence-corrected chi connectivity index (χ1v) is 6.05. The Labute approximate surface area is 88.5 Å². The van der Waals surface area contributed by atoms with Crippen molar-refractivity contribution in [2.24, 2.45) is 5.92 Å². The molecule has 0 aliphatic carbocycles. The number of hydrogen-bond donors (Lipinski definition) is 0. The number of nitrogens with zero attached hydrogens (tertiary/aromatic N) is 2. The molecule has 0 spiro atoms. The van der Waals surface area contributed by atoms with E-state index in [9.17, 15) is 13.2 Å². The fraction of sp³-hybridized carbons (Fsp3) is 0.750. The minimum absolute atomic E-state index is 0.122. The van der Waals surface area contributed by atoms with Crippen LogP contribution in [-0.4, -0.2) is 44.6 Å². The molecule has 1 unspecified atom stereocenters. The highest BCUT2D eigenvalue weighted by Gasteiger charge is 2.35. The molecule has 1 atom stereocenters. The molecule has 1 saturated heterocycles. The third-order valence-electron chi connectivity index (χ3n) is 2.33. The Balaban J connectivity index is 2.65. The van der Waals surface area contributed by atoms with Gasteiger partial charge < -0.3 is 4.74 Å². The maximum atomic E-state index is 11.4. The van der Waals surface area contributed by atoms with Gasteiger partial charge in [0.15, 0.2) is 5.75 Å². The zero-order valence-electron chi connectivity index (χ0n) is 8.34. The van der Waals surface area contributed by atoms with Crippen molar-refractivity contribution in [1.29, 1.82) is 5.26 Å². The molecule has 0 radical (unpaired) electrons. The summed E-state index contributed by atoms with van der Waals surface area (Å²) >= 11 is 0. The molecule has 0 amide bonds. The number of carbonyl (C=O) groups is 1. The van der Waals surface area contributed by atoms with E-state index in [1.807, 2.05) is 0 Å². The van der Waals surface area contributed by atoms with Gasteiger partial charge in [0.05, 0.1) is 19.1 Å². The maximum Gasteiger partial charge on any atom is 0.310 e. The van der Waals surface area contributed by atoms with E-state index in [0.29, 0.717) is 6.42 Å². The zero-order chi connectivity index (χ0) is 11.5. The van der Waals surface area contributed by atoms with E-state index in [2.05, 4.69) is 4.74 Å². The number of sulfonamides is 1. The average molecular weight is 232 g/mol. The molecule has 1 rings (SSSR count). The molecule has 84 valence electrons. The van der Waals surface area contributed by atoms with Crippen LogP contribution >= 0.6 is 0 Å². The van der Waals surface area contributed by atoms with Crippen molar-refractivity contribution in [2.45, 2.75) is 6.42 Å². The smallest absolute Gasteiger partial charge is 0.310 e. The molecule has 0 saturated carbocycles. The van der Waals surface area contributed by atoms with Gasteiger partial charge in [0.2, 0.25) is 10.0 Å². The lowest BCUT2D eigenvalue weighted by Crippen LogP contribution is -2.31. The molecule has 15 heavy (non-hydrogen) atoms. The third-order valence-corrected chi connectivity index (χ3v) is 3.94. The summed E-state index contributed by atoms with van der Waals surface area (Å²) in [5, 5.41) is 8.34. The van der Waals surface area contributed by atoms with Gasteiger partial charge in [-0.2, -0.15) is 5.26 Å². The van der Waals surface area contributed by atoms with Gasteiger partial charge in [0.1, 0.15) is 0 Å². The summed E-state index contributed by atoms with van der Waals surface area (Å²) in [6.07, 6.45) is 0.456. The van der Waals surface area contributed by atoms with Crippen LogP contribution in [0.25, 0.3) is 0 Å². The summed E-state index contributed by atoms with van der Waals surface area (Å²) < 4.78 is 28.6. The van der Waals surface area contributed by atoms with Crippen LogP contribution in [-0.2, 0) is 19.6 Å². The van der Waals surface area contributed by atoms with Crippen molar-refractivity contribution < 1.29 is 17.9 Å². The van der Waals surface area contributed by atoms with Crippen LogP contribution in [0.1, 0.15) is 6.42 Å². The minimum Gasteiger partial charge on any atom is -0.469 e. The van der Waals surface area contributed by atoms with Gasteiger partial charge in [-0.25, -0.2) is 12.7 Å². The Morgan fingerprint density at radius 1 is 1.67 bits per heavy atom. The summed E-state index contributed by atoms with van der Waals surface area (Å²) in [5.74, 6) is -1.34. The monoisotopic (exact) mass is 232 g/mol. The van der Waals surface area contributed by atoms with E-state index in [-0.39, 0.29) is 13.1 Å². The van der Waals surface area contributed by atoms with Gasteiger partial charge in [-0.15, -0.1) is 0 Å². The first-order valence-electron chi connectivity index (χ1n) is 4.44. The summed E-state index contributed by atoms with van der Waals surface area (Å²) in [7, 11) is -2.25. The normalized spacial score (nSPS) is 22.3. The van der Waals surface area contributed by atoms with Crippen LogP contribution in [0.2, 0.25) is 0 Å². The highest BCUT2D eigenvalue weighted by atomic mass is 32.2. The summed E-state index contributed by atoms with van der Waals surface area (Å²) in [4.78, 5) is 11.1. The van der Waals surface area contributed by atoms with Gasteiger partial charge in [0, 0.05) is 13.1 Å². The molecule has 1 aliphatic rings. The number of esters is 1. The summed E-state index contributed by atoms with van der Waals surface area (Å²) in [6.45, 7) is 0.403. The first-order chi connectivity index (χ1) is 7.01. The van der Waals surface area contributed by atoms with Crippen LogP contribution in [0.4, 0.5) is 0 Å². The quantitative estimate of drug-likeness (QED) is 0.602. The first kappa shape index (κ1) is 11.9. The zero-order valence-corrected chi connectivity index (χ0v) is 9.16. The van der Waals surface area contributed by atoms with E-state index in [1.54, 1.807) is 6.07 Å². The van der Waals surface area contributed by atoms with Crippen LogP contribution in [0.5, 0.6) is 0 Å². The highest BCUT2D eigenvalue weighted by molar-refractivity contribution is 7.89. The molecular weight excluding hydrogens is 220 g/mol. The topological polar surface area (TPSA) is 87.5 Å². The Hall–Kier alpha value is -1.13. The number of hydrogen-bond acceptors (Lipinski definition) is 5. The molecular formula is C8H12N2O4S. The largest absolute Gasteiger partial charge is 0.469 e. The SMILES string of the molecule is COC(=O)C1CCN(S(=O)(=O)CC#N)C1.